The van der Waals surface area contributed by atoms with E-state index in [0.29, 0.717) is 0 Å². The van der Waals surface area contributed by atoms with Crippen LogP contribution in [0.5, 0.6) is 0 Å². The van der Waals surface area contributed by atoms with Crippen LogP contribution < -0.4 is 0 Å². The Hall–Kier alpha value is -0.790. The predicted octanol–water partition coefficient (Wildman–Crippen LogP) is 5.24. The molecule has 104 valence electrons. The average molecular weight is 251 g/mol. The second-order valence-electron chi connectivity index (χ2n) is 5.18. The third-order valence-corrected chi connectivity index (χ3v) is 3.39. The molecule has 1 aliphatic heterocycles. The molecule has 0 saturated carbocycles. The quantitative estimate of drug-likeness (QED) is 0.384. The zero-order valence-electron chi connectivity index (χ0n) is 12.0. The lowest BCUT2D eigenvalue weighted by Gasteiger charge is -2.09. The molecule has 0 unspecified atom stereocenters. The topological polar surface area (TPSA) is 21.6 Å². The summed E-state index contributed by atoms with van der Waals surface area (Å²) in [6.07, 6.45) is 18.7. The van der Waals surface area contributed by atoms with Crippen molar-refractivity contribution in [3.63, 3.8) is 0 Å². The van der Waals surface area contributed by atoms with Crippen LogP contribution in [0.15, 0.2) is 17.3 Å². The van der Waals surface area contributed by atoms with Crippen LogP contribution in [0.1, 0.15) is 77.6 Å². The maximum absolute atomic E-state index is 5.08. The maximum atomic E-state index is 5.08. The number of hydrogen-bond donors (Lipinski definition) is 0. The van der Waals surface area contributed by atoms with Crippen LogP contribution in [0.4, 0.5) is 0 Å². The molecule has 0 radical (unpaired) electrons. The van der Waals surface area contributed by atoms with Gasteiger partial charge in [0.05, 0.1) is 5.71 Å². The van der Waals surface area contributed by atoms with Crippen LogP contribution in [-0.2, 0) is 4.84 Å². The van der Waals surface area contributed by atoms with Gasteiger partial charge < -0.3 is 4.84 Å². The molecule has 0 saturated heterocycles. The van der Waals surface area contributed by atoms with Crippen molar-refractivity contribution < 1.29 is 4.84 Å². The minimum atomic E-state index is 0.797. The standard InChI is InChI=1S/C16H29NO/c1-2-3-4-5-6-7-8-9-10-11-13-16-14-12-15-18-17-16/h10-11H,2-9,12-15H2,1H3/b11-10+. The Morgan fingerprint density at radius 1 is 1.06 bits per heavy atom. The average Bonchev–Trinajstić information content (AvgIpc) is 2.42. The lowest BCUT2D eigenvalue weighted by Crippen LogP contribution is -2.06. The highest BCUT2D eigenvalue weighted by atomic mass is 16.6. The van der Waals surface area contributed by atoms with E-state index in [0.717, 1.165) is 25.9 Å². The molecule has 0 amide bonds. The van der Waals surface area contributed by atoms with Gasteiger partial charge in [-0.3, -0.25) is 0 Å². The van der Waals surface area contributed by atoms with Gasteiger partial charge in [0.15, 0.2) is 0 Å². The molecule has 0 spiro atoms. The van der Waals surface area contributed by atoms with Gasteiger partial charge in [-0.05, 0) is 25.7 Å². The van der Waals surface area contributed by atoms with Crippen molar-refractivity contribution in [3.8, 4) is 0 Å². The Morgan fingerprint density at radius 2 is 1.83 bits per heavy atom. The van der Waals surface area contributed by atoms with Crippen molar-refractivity contribution >= 4 is 5.71 Å². The summed E-state index contributed by atoms with van der Waals surface area (Å²) < 4.78 is 0. The van der Waals surface area contributed by atoms with E-state index in [1.54, 1.807) is 0 Å². The molecule has 1 rings (SSSR count). The van der Waals surface area contributed by atoms with Crippen LogP contribution in [0.3, 0.4) is 0 Å². The summed E-state index contributed by atoms with van der Waals surface area (Å²) in [7, 11) is 0. The summed E-state index contributed by atoms with van der Waals surface area (Å²) in [5.41, 5.74) is 1.21. The summed E-state index contributed by atoms with van der Waals surface area (Å²) in [6, 6.07) is 0. The van der Waals surface area contributed by atoms with E-state index in [1.807, 2.05) is 0 Å². The molecule has 18 heavy (non-hydrogen) atoms. The fourth-order valence-corrected chi connectivity index (χ4v) is 2.22. The van der Waals surface area contributed by atoms with Gasteiger partial charge in [0, 0.05) is 6.42 Å². The van der Waals surface area contributed by atoms with E-state index in [4.69, 9.17) is 4.84 Å². The normalized spacial score (nSPS) is 15.7. The zero-order valence-corrected chi connectivity index (χ0v) is 12.0. The predicted molar refractivity (Wildman–Crippen MR) is 79.0 cm³/mol. The van der Waals surface area contributed by atoms with E-state index in [2.05, 4.69) is 24.2 Å². The first kappa shape index (κ1) is 15.3. The molecule has 2 heteroatoms. The van der Waals surface area contributed by atoms with E-state index in [9.17, 15) is 0 Å². The van der Waals surface area contributed by atoms with Crippen molar-refractivity contribution in [2.24, 2.45) is 5.16 Å². The molecular weight excluding hydrogens is 222 g/mol. The third-order valence-electron chi connectivity index (χ3n) is 3.39. The molecular formula is C16H29NO. The van der Waals surface area contributed by atoms with Crippen LogP contribution in [0, 0.1) is 0 Å². The van der Waals surface area contributed by atoms with Crippen LogP contribution in [-0.4, -0.2) is 12.3 Å². The van der Waals surface area contributed by atoms with Gasteiger partial charge in [0.25, 0.3) is 0 Å². The minimum absolute atomic E-state index is 0.797. The van der Waals surface area contributed by atoms with Gasteiger partial charge in [0.2, 0.25) is 0 Å². The van der Waals surface area contributed by atoms with Gasteiger partial charge in [-0.2, -0.15) is 0 Å². The first-order valence-corrected chi connectivity index (χ1v) is 7.76. The SMILES string of the molecule is CCCCCCCCC/C=C/CC1=NOCCC1. The van der Waals surface area contributed by atoms with Gasteiger partial charge in [0.1, 0.15) is 6.61 Å². The molecule has 0 aromatic heterocycles. The van der Waals surface area contributed by atoms with E-state index < -0.39 is 0 Å². The van der Waals surface area contributed by atoms with E-state index in [-0.39, 0.29) is 0 Å². The Bertz CT molecular complexity index is 245. The third kappa shape index (κ3) is 8.32. The fraction of sp³-hybridized carbons (Fsp3) is 0.812. The molecule has 0 atom stereocenters. The highest BCUT2D eigenvalue weighted by Crippen LogP contribution is 2.10. The molecule has 2 nitrogen and oxygen atoms in total. The van der Waals surface area contributed by atoms with E-state index in [1.165, 1.54) is 57.1 Å². The van der Waals surface area contributed by atoms with Crippen LogP contribution >= 0.6 is 0 Å². The largest absolute Gasteiger partial charge is 0.396 e. The van der Waals surface area contributed by atoms with Gasteiger partial charge in [-0.25, -0.2) is 0 Å². The first-order chi connectivity index (χ1) is 8.93. The highest BCUT2D eigenvalue weighted by Gasteiger charge is 2.03. The molecule has 0 bridgehead atoms. The molecule has 0 aromatic rings. The highest BCUT2D eigenvalue weighted by molar-refractivity contribution is 5.85. The van der Waals surface area contributed by atoms with Crippen molar-refractivity contribution in [2.75, 3.05) is 6.61 Å². The monoisotopic (exact) mass is 251 g/mol. The molecule has 0 N–H and O–H groups in total. The number of hydrogen-bond acceptors (Lipinski definition) is 2. The molecule has 0 aliphatic carbocycles. The van der Waals surface area contributed by atoms with Gasteiger partial charge >= 0.3 is 0 Å². The first-order valence-electron chi connectivity index (χ1n) is 7.76. The van der Waals surface area contributed by atoms with Crippen molar-refractivity contribution in [2.45, 2.75) is 77.6 Å². The summed E-state index contributed by atoms with van der Waals surface area (Å²) in [5.74, 6) is 0. The van der Waals surface area contributed by atoms with Crippen LogP contribution in [0.2, 0.25) is 0 Å². The molecule has 1 heterocycles. The second-order valence-corrected chi connectivity index (χ2v) is 5.18. The van der Waals surface area contributed by atoms with Gasteiger partial charge in [-0.1, -0.05) is 62.8 Å². The molecule has 0 fully saturated rings. The minimum Gasteiger partial charge on any atom is -0.396 e. The Kier molecular flexibility index (Phi) is 9.59. The Balaban J connectivity index is 1.86. The number of oxime groups is 1. The van der Waals surface area contributed by atoms with Crippen molar-refractivity contribution in [1.29, 1.82) is 0 Å². The Morgan fingerprint density at radius 3 is 2.56 bits per heavy atom. The number of nitrogens with zero attached hydrogens (tertiary/aromatic N) is 1. The molecule has 1 aliphatic rings. The molecule has 0 aromatic carbocycles. The smallest absolute Gasteiger partial charge is 0.117 e. The lowest BCUT2D eigenvalue weighted by molar-refractivity contribution is 0.130. The van der Waals surface area contributed by atoms with Crippen LogP contribution in [0.25, 0.3) is 0 Å². The number of unbranched alkanes of at least 4 members (excludes halogenated alkanes) is 7. The fourth-order valence-electron chi connectivity index (χ4n) is 2.22. The van der Waals surface area contributed by atoms with Gasteiger partial charge in [-0.15, -0.1) is 0 Å². The summed E-state index contributed by atoms with van der Waals surface area (Å²) >= 11 is 0. The lowest BCUT2D eigenvalue weighted by atomic mass is 10.1. The second kappa shape index (κ2) is 11.3. The number of allylic oxidation sites excluding steroid dienone is 2. The summed E-state index contributed by atoms with van der Waals surface area (Å²) in [4.78, 5) is 5.08. The number of rotatable bonds is 10. The summed E-state index contributed by atoms with van der Waals surface area (Å²) in [5, 5.41) is 4.07. The van der Waals surface area contributed by atoms with Crippen molar-refractivity contribution in [1.82, 2.24) is 0 Å². The van der Waals surface area contributed by atoms with E-state index >= 15 is 0 Å². The summed E-state index contributed by atoms with van der Waals surface area (Å²) in [6.45, 7) is 3.07. The zero-order chi connectivity index (χ0) is 12.9. The Labute approximate surface area is 112 Å². The van der Waals surface area contributed by atoms with Crippen molar-refractivity contribution in [3.05, 3.63) is 12.2 Å². The maximum Gasteiger partial charge on any atom is 0.117 e.